The molecule has 3 N–H and O–H groups in total. The Morgan fingerprint density at radius 1 is 1.19 bits per heavy atom. The molecule has 0 heterocycles. The van der Waals surface area contributed by atoms with E-state index in [-0.39, 0.29) is 15.7 Å². The Morgan fingerprint density at radius 2 is 1.90 bits per heavy atom. The van der Waals surface area contributed by atoms with E-state index in [1.54, 1.807) is 6.07 Å². The number of anilines is 1. The fraction of sp³-hybridized carbons (Fsp3) is 0. The van der Waals surface area contributed by atoms with Gasteiger partial charge in [-0.15, -0.1) is 0 Å². The van der Waals surface area contributed by atoms with E-state index in [9.17, 15) is 13.6 Å². The van der Waals surface area contributed by atoms with Gasteiger partial charge in [-0.1, -0.05) is 23.8 Å². The largest absolute Gasteiger partial charge is 0.389 e. The van der Waals surface area contributed by atoms with Gasteiger partial charge in [-0.25, -0.2) is 8.78 Å². The Morgan fingerprint density at radius 3 is 2.52 bits per heavy atom. The van der Waals surface area contributed by atoms with Gasteiger partial charge >= 0.3 is 0 Å². The molecule has 0 aromatic heterocycles. The summed E-state index contributed by atoms with van der Waals surface area (Å²) in [5.74, 6) is -2.35. The summed E-state index contributed by atoms with van der Waals surface area (Å²) in [5.41, 5.74) is 5.82. The minimum atomic E-state index is -0.829. The van der Waals surface area contributed by atoms with Crippen LogP contribution in [0.3, 0.4) is 0 Å². The molecule has 0 aliphatic carbocycles. The molecule has 0 bridgehead atoms. The lowest BCUT2D eigenvalue weighted by molar-refractivity contribution is 0.102. The number of benzene rings is 2. The van der Waals surface area contributed by atoms with Crippen molar-refractivity contribution in [3.05, 3.63) is 64.2 Å². The van der Waals surface area contributed by atoms with Crippen molar-refractivity contribution in [1.82, 2.24) is 0 Å². The molecule has 0 fully saturated rings. The van der Waals surface area contributed by atoms with E-state index in [2.05, 4.69) is 5.32 Å². The average molecular weight is 327 g/mol. The second-order valence-corrected chi connectivity index (χ2v) is 4.98. The van der Waals surface area contributed by atoms with Crippen molar-refractivity contribution in [2.45, 2.75) is 0 Å². The molecule has 0 saturated carbocycles. The third-order valence-corrected chi connectivity index (χ3v) is 3.22. The van der Waals surface area contributed by atoms with Crippen molar-refractivity contribution >= 4 is 40.4 Å². The molecule has 0 atom stereocenters. The normalized spacial score (nSPS) is 10.2. The van der Waals surface area contributed by atoms with E-state index >= 15 is 0 Å². The lowest BCUT2D eigenvalue weighted by Crippen LogP contribution is -2.15. The predicted molar refractivity (Wildman–Crippen MR) is 81.7 cm³/mol. The van der Waals surface area contributed by atoms with Crippen LogP contribution in [0.4, 0.5) is 14.5 Å². The van der Waals surface area contributed by atoms with E-state index in [4.69, 9.17) is 29.6 Å². The van der Waals surface area contributed by atoms with Crippen molar-refractivity contribution in [2.75, 3.05) is 5.32 Å². The quantitative estimate of drug-likeness (QED) is 0.849. The zero-order valence-electron chi connectivity index (χ0n) is 10.5. The Bertz CT molecular complexity index is 737. The first kappa shape index (κ1) is 15.3. The fourth-order valence-corrected chi connectivity index (χ4v) is 1.99. The van der Waals surface area contributed by atoms with Gasteiger partial charge in [-0.2, -0.15) is 0 Å². The first-order chi connectivity index (χ1) is 9.88. The van der Waals surface area contributed by atoms with Crippen molar-refractivity contribution in [3.63, 3.8) is 0 Å². The van der Waals surface area contributed by atoms with Gasteiger partial charge in [0.05, 0.1) is 16.3 Å². The predicted octanol–water partition coefficient (Wildman–Crippen LogP) is 3.50. The lowest BCUT2D eigenvalue weighted by atomic mass is 10.1. The van der Waals surface area contributed by atoms with Crippen LogP contribution in [0.15, 0.2) is 36.4 Å². The molecular formula is C14H9ClF2N2OS. The molecule has 0 aliphatic rings. The zero-order valence-corrected chi connectivity index (χ0v) is 12.1. The minimum absolute atomic E-state index is 0.158. The molecule has 0 radical (unpaired) electrons. The third-order valence-electron chi connectivity index (χ3n) is 2.67. The summed E-state index contributed by atoms with van der Waals surface area (Å²) in [5, 5.41) is 2.58. The second-order valence-electron chi connectivity index (χ2n) is 4.14. The molecule has 7 heteroatoms. The highest BCUT2D eigenvalue weighted by atomic mass is 35.5. The first-order valence-corrected chi connectivity index (χ1v) is 6.53. The lowest BCUT2D eigenvalue weighted by Gasteiger charge is -2.09. The van der Waals surface area contributed by atoms with Crippen LogP contribution in [0.25, 0.3) is 0 Å². The molecule has 1 amide bonds. The Balaban J connectivity index is 2.27. The summed E-state index contributed by atoms with van der Waals surface area (Å²) in [7, 11) is 0. The maximum atomic E-state index is 13.5. The second kappa shape index (κ2) is 6.15. The molecule has 2 rings (SSSR count). The van der Waals surface area contributed by atoms with Gasteiger partial charge in [0.1, 0.15) is 16.6 Å². The number of hydrogen-bond donors (Lipinski definition) is 2. The van der Waals surface area contributed by atoms with E-state index in [1.165, 1.54) is 12.1 Å². The van der Waals surface area contributed by atoms with Gasteiger partial charge in [-0.05, 0) is 36.4 Å². The highest BCUT2D eigenvalue weighted by Crippen LogP contribution is 2.24. The number of nitrogens with one attached hydrogen (secondary N) is 1. The molecule has 3 nitrogen and oxygen atoms in total. The van der Waals surface area contributed by atoms with E-state index in [0.717, 1.165) is 18.2 Å². The molecule has 108 valence electrons. The third kappa shape index (κ3) is 3.53. The summed E-state index contributed by atoms with van der Waals surface area (Å²) in [4.78, 5) is 12.1. The number of amides is 1. The molecule has 21 heavy (non-hydrogen) atoms. The standard InChI is InChI=1S/C14H9ClF2N2OS/c15-10-5-7(13(18)21)1-4-12(10)19-14(20)9-6-8(16)2-3-11(9)17/h1-6H,(H2,18,21)(H,19,20). The molecule has 0 spiro atoms. The monoisotopic (exact) mass is 326 g/mol. The van der Waals surface area contributed by atoms with E-state index < -0.39 is 23.1 Å². The summed E-state index contributed by atoms with van der Waals surface area (Å²) >= 11 is 10.8. The zero-order chi connectivity index (χ0) is 15.6. The van der Waals surface area contributed by atoms with Crippen LogP contribution in [0.5, 0.6) is 0 Å². The van der Waals surface area contributed by atoms with Crippen molar-refractivity contribution in [1.29, 1.82) is 0 Å². The minimum Gasteiger partial charge on any atom is -0.389 e. The van der Waals surface area contributed by atoms with Gasteiger partial charge in [0.15, 0.2) is 0 Å². The van der Waals surface area contributed by atoms with Crippen LogP contribution in [0.2, 0.25) is 5.02 Å². The maximum Gasteiger partial charge on any atom is 0.258 e. The van der Waals surface area contributed by atoms with Gasteiger partial charge in [0, 0.05) is 5.56 Å². The van der Waals surface area contributed by atoms with E-state index in [1.807, 2.05) is 0 Å². The molecule has 2 aromatic carbocycles. The van der Waals surface area contributed by atoms with Crippen LogP contribution in [-0.4, -0.2) is 10.9 Å². The molecular weight excluding hydrogens is 318 g/mol. The summed E-state index contributed by atoms with van der Waals surface area (Å²) < 4.78 is 26.6. The number of carbonyl (C=O) groups excluding carboxylic acids is 1. The summed E-state index contributed by atoms with van der Waals surface area (Å²) in [6, 6.07) is 7.12. The van der Waals surface area contributed by atoms with Gasteiger partial charge < -0.3 is 11.1 Å². The van der Waals surface area contributed by atoms with Crippen LogP contribution in [-0.2, 0) is 0 Å². The Kier molecular flexibility index (Phi) is 4.50. The van der Waals surface area contributed by atoms with Crippen LogP contribution in [0.1, 0.15) is 15.9 Å². The maximum absolute atomic E-state index is 13.5. The van der Waals surface area contributed by atoms with Crippen molar-refractivity contribution < 1.29 is 13.6 Å². The van der Waals surface area contributed by atoms with Crippen LogP contribution >= 0.6 is 23.8 Å². The smallest absolute Gasteiger partial charge is 0.258 e. The molecule has 2 aromatic rings. The Labute approximate surface area is 129 Å². The van der Waals surface area contributed by atoms with Crippen molar-refractivity contribution in [2.24, 2.45) is 5.73 Å². The highest BCUT2D eigenvalue weighted by Gasteiger charge is 2.14. The van der Waals surface area contributed by atoms with Crippen LogP contribution in [0, 0.1) is 11.6 Å². The molecule has 0 saturated heterocycles. The van der Waals surface area contributed by atoms with Crippen molar-refractivity contribution in [3.8, 4) is 0 Å². The van der Waals surface area contributed by atoms with E-state index in [0.29, 0.717) is 5.56 Å². The SMILES string of the molecule is NC(=S)c1ccc(NC(=O)c2cc(F)ccc2F)c(Cl)c1. The van der Waals surface area contributed by atoms with Gasteiger partial charge in [0.2, 0.25) is 0 Å². The highest BCUT2D eigenvalue weighted by molar-refractivity contribution is 7.80. The number of nitrogens with two attached hydrogens (primary N) is 1. The fourth-order valence-electron chi connectivity index (χ4n) is 1.63. The summed E-state index contributed by atoms with van der Waals surface area (Å²) in [6.07, 6.45) is 0. The van der Waals surface area contributed by atoms with Crippen LogP contribution < -0.4 is 11.1 Å². The first-order valence-electron chi connectivity index (χ1n) is 5.74. The molecule has 0 aliphatic heterocycles. The molecule has 0 unspecified atom stereocenters. The average Bonchev–Trinajstić information content (AvgIpc) is 2.43. The topological polar surface area (TPSA) is 55.1 Å². The number of hydrogen-bond acceptors (Lipinski definition) is 2. The Hall–Kier alpha value is -2.05. The van der Waals surface area contributed by atoms with Gasteiger partial charge in [-0.3, -0.25) is 4.79 Å². The van der Waals surface area contributed by atoms with Gasteiger partial charge in [0.25, 0.3) is 5.91 Å². The number of thiocarbonyl (C=S) groups is 1. The number of halogens is 3. The summed E-state index contributed by atoms with van der Waals surface area (Å²) in [6.45, 7) is 0. The number of carbonyl (C=O) groups is 1. The number of rotatable bonds is 3.